The summed E-state index contributed by atoms with van der Waals surface area (Å²) in [4.78, 5) is 17.0. The predicted octanol–water partition coefficient (Wildman–Crippen LogP) is 1.61. The van der Waals surface area contributed by atoms with Crippen molar-refractivity contribution in [3.05, 3.63) is 22.4 Å². The van der Waals surface area contributed by atoms with Crippen LogP contribution in [0.5, 0.6) is 0 Å². The Morgan fingerprint density at radius 2 is 2.40 bits per heavy atom. The van der Waals surface area contributed by atoms with Gasteiger partial charge in [-0.3, -0.25) is 4.79 Å². The summed E-state index contributed by atoms with van der Waals surface area (Å²) in [5.41, 5.74) is 1.13. The Labute approximate surface area is 124 Å². The number of hydrogen-bond donors (Lipinski definition) is 0. The number of nitrogens with zero attached hydrogens (tertiary/aromatic N) is 2. The third-order valence-electron chi connectivity index (χ3n) is 4.38. The van der Waals surface area contributed by atoms with E-state index in [-0.39, 0.29) is 18.1 Å². The largest absolute Gasteiger partial charge is 0.373 e. The topological polar surface area (TPSA) is 32.8 Å². The molecule has 0 spiro atoms. The van der Waals surface area contributed by atoms with E-state index in [0.29, 0.717) is 13.0 Å². The number of carbonyl (C=O) groups is 1. The highest BCUT2D eigenvalue weighted by Crippen LogP contribution is 2.24. The van der Waals surface area contributed by atoms with Crippen LogP contribution in [0.2, 0.25) is 0 Å². The van der Waals surface area contributed by atoms with E-state index in [2.05, 4.69) is 22.1 Å². The second-order valence-corrected chi connectivity index (χ2v) is 6.33. The quantitative estimate of drug-likeness (QED) is 0.849. The maximum Gasteiger partial charge on any atom is 0.227 e. The smallest absolute Gasteiger partial charge is 0.227 e. The van der Waals surface area contributed by atoms with Crippen LogP contribution in [-0.4, -0.2) is 60.6 Å². The van der Waals surface area contributed by atoms with Crippen molar-refractivity contribution >= 4 is 17.2 Å². The number of thiophene rings is 1. The number of likely N-dealkylation sites (tertiary alicyclic amines) is 1. The van der Waals surface area contributed by atoms with Crippen molar-refractivity contribution in [3.8, 4) is 0 Å². The van der Waals surface area contributed by atoms with Crippen LogP contribution < -0.4 is 0 Å². The monoisotopic (exact) mass is 294 g/mol. The van der Waals surface area contributed by atoms with Gasteiger partial charge in [0.25, 0.3) is 0 Å². The molecule has 2 fully saturated rings. The summed E-state index contributed by atoms with van der Waals surface area (Å²) in [6.07, 6.45) is 1.77. The maximum atomic E-state index is 12.5. The molecular weight excluding hydrogens is 272 g/mol. The molecule has 1 aromatic rings. The van der Waals surface area contributed by atoms with Crippen LogP contribution in [-0.2, 0) is 16.0 Å². The average molecular weight is 294 g/mol. The summed E-state index contributed by atoms with van der Waals surface area (Å²) >= 11 is 1.65. The van der Waals surface area contributed by atoms with Gasteiger partial charge in [0.2, 0.25) is 5.91 Å². The number of ether oxygens (including phenoxy) is 1. The fourth-order valence-electron chi connectivity index (χ4n) is 3.22. The van der Waals surface area contributed by atoms with Gasteiger partial charge in [0.05, 0.1) is 25.2 Å². The number of amides is 1. The van der Waals surface area contributed by atoms with E-state index in [4.69, 9.17) is 4.74 Å². The van der Waals surface area contributed by atoms with Crippen LogP contribution in [0.3, 0.4) is 0 Å². The highest BCUT2D eigenvalue weighted by atomic mass is 32.1. The van der Waals surface area contributed by atoms with Crippen molar-refractivity contribution in [2.24, 2.45) is 0 Å². The highest BCUT2D eigenvalue weighted by Gasteiger charge is 2.38. The first-order valence-corrected chi connectivity index (χ1v) is 8.36. The molecule has 2 aliphatic heterocycles. The lowest BCUT2D eigenvalue weighted by molar-refractivity contribution is -0.151. The lowest BCUT2D eigenvalue weighted by Crippen LogP contribution is -2.60. The van der Waals surface area contributed by atoms with Gasteiger partial charge in [0, 0.05) is 19.6 Å². The molecular formula is C15H22N2O2S. The number of likely N-dealkylation sites (N-methyl/N-ethyl adjacent to an activating group) is 1. The second-order valence-electron chi connectivity index (χ2n) is 5.55. The maximum absolute atomic E-state index is 12.5. The number of piperidine rings is 1. The van der Waals surface area contributed by atoms with Crippen molar-refractivity contribution in [1.29, 1.82) is 0 Å². The first-order valence-electron chi connectivity index (χ1n) is 7.42. The molecule has 2 atom stereocenters. The van der Waals surface area contributed by atoms with Gasteiger partial charge in [0.1, 0.15) is 0 Å². The Morgan fingerprint density at radius 1 is 1.50 bits per heavy atom. The second kappa shape index (κ2) is 6.24. The first-order chi connectivity index (χ1) is 9.78. The summed E-state index contributed by atoms with van der Waals surface area (Å²) in [6.45, 7) is 6.70. The molecule has 0 N–H and O–H groups in total. The Morgan fingerprint density at radius 3 is 3.15 bits per heavy atom. The van der Waals surface area contributed by atoms with E-state index in [9.17, 15) is 4.79 Å². The zero-order valence-corrected chi connectivity index (χ0v) is 12.8. The molecule has 3 heterocycles. The van der Waals surface area contributed by atoms with Gasteiger partial charge in [-0.05, 0) is 35.4 Å². The lowest BCUT2D eigenvalue weighted by Gasteiger charge is -2.46. The molecule has 4 nitrogen and oxygen atoms in total. The Bertz CT molecular complexity index is 449. The van der Waals surface area contributed by atoms with Crippen LogP contribution >= 0.6 is 11.3 Å². The van der Waals surface area contributed by atoms with Crippen LogP contribution in [0.4, 0.5) is 0 Å². The molecule has 1 aromatic heterocycles. The third kappa shape index (κ3) is 2.90. The molecule has 5 heteroatoms. The summed E-state index contributed by atoms with van der Waals surface area (Å²) in [5.74, 6) is 0.256. The molecule has 2 aliphatic rings. The van der Waals surface area contributed by atoms with Crippen LogP contribution in [0.25, 0.3) is 0 Å². The summed E-state index contributed by atoms with van der Waals surface area (Å²) in [6, 6.07) is 2.32. The van der Waals surface area contributed by atoms with Crippen molar-refractivity contribution in [2.45, 2.75) is 31.9 Å². The minimum absolute atomic E-state index is 0.198. The van der Waals surface area contributed by atoms with Gasteiger partial charge in [-0.1, -0.05) is 6.92 Å². The van der Waals surface area contributed by atoms with E-state index < -0.39 is 0 Å². The number of morpholine rings is 1. The van der Waals surface area contributed by atoms with Crippen molar-refractivity contribution in [2.75, 3.05) is 32.8 Å². The lowest BCUT2D eigenvalue weighted by atomic mass is 9.97. The van der Waals surface area contributed by atoms with Crippen LogP contribution in [0.1, 0.15) is 18.9 Å². The van der Waals surface area contributed by atoms with Crippen molar-refractivity contribution < 1.29 is 9.53 Å². The molecule has 0 radical (unpaired) electrons. The van der Waals surface area contributed by atoms with Gasteiger partial charge >= 0.3 is 0 Å². The average Bonchev–Trinajstić information content (AvgIpc) is 2.98. The van der Waals surface area contributed by atoms with Gasteiger partial charge in [-0.15, -0.1) is 0 Å². The molecule has 2 saturated heterocycles. The van der Waals surface area contributed by atoms with Gasteiger partial charge in [0.15, 0.2) is 0 Å². The molecule has 1 amide bonds. The SMILES string of the molecule is CCN1CC[C@H]2[C@H](C1)OCCN2C(=O)Cc1ccsc1. The number of carbonyl (C=O) groups excluding carboxylic acids is 1. The minimum atomic E-state index is 0.198. The zero-order chi connectivity index (χ0) is 13.9. The third-order valence-corrected chi connectivity index (χ3v) is 5.11. The molecule has 0 unspecified atom stereocenters. The molecule has 0 aromatic carbocycles. The fraction of sp³-hybridized carbons (Fsp3) is 0.667. The van der Waals surface area contributed by atoms with Crippen molar-refractivity contribution in [3.63, 3.8) is 0 Å². The normalized spacial score (nSPS) is 27.4. The minimum Gasteiger partial charge on any atom is -0.373 e. The molecule has 0 aliphatic carbocycles. The fourth-order valence-corrected chi connectivity index (χ4v) is 3.89. The number of fused-ring (bicyclic) bond motifs is 1. The van der Waals surface area contributed by atoms with E-state index in [1.165, 1.54) is 0 Å². The number of hydrogen-bond acceptors (Lipinski definition) is 4. The van der Waals surface area contributed by atoms with Crippen LogP contribution in [0.15, 0.2) is 16.8 Å². The van der Waals surface area contributed by atoms with Gasteiger partial charge in [-0.25, -0.2) is 0 Å². The van der Waals surface area contributed by atoms with Gasteiger partial charge in [-0.2, -0.15) is 11.3 Å². The molecule has 20 heavy (non-hydrogen) atoms. The first kappa shape index (κ1) is 14.0. The zero-order valence-electron chi connectivity index (χ0n) is 12.0. The van der Waals surface area contributed by atoms with Crippen molar-refractivity contribution in [1.82, 2.24) is 9.80 Å². The Balaban J connectivity index is 1.65. The van der Waals surface area contributed by atoms with Gasteiger partial charge < -0.3 is 14.5 Å². The summed E-state index contributed by atoms with van der Waals surface area (Å²) in [7, 11) is 0. The van der Waals surface area contributed by atoms with E-state index >= 15 is 0 Å². The molecule has 0 saturated carbocycles. The van der Waals surface area contributed by atoms with E-state index in [1.54, 1.807) is 11.3 Å². The van der Waals surface area contributed by atoms with E-state index in [0.717, 1.165) is 38.2 Å². The Hall–Kier alpha value is -0.910. The predicted molar refractivity (Wildman–Crippen MR) is 80.0 cm³/mol. The summed E-state index contributed by atoms with van der Waals surface area (Å²) < 4.78 is 5.90. The molecule has 3 rings (SSSR count). The summed E-state index contributed by atoms with van der Waals surface area (Å²) in [5, 5.41) is 4.10. The standard InChI is InChI=1S/C15H22N2O2S/c1-2-16-5-3-13-14(10-16)19-7-6-17(13)15(18)9-12-4-8-20-11-12/h4,8,11,13-14H,2-3,5-7,9-10H2,1H3/t13-,14-/m0/s1. The highest BCUT2D eigenvalue weighted by molar-refractivity contribution is 7.07. The number of rotatable bonds is 3. The molecule has 110 valence electrons. The molecule has 0 bridgehead atoms. The Kier molecular flexibility index (Phi) is 4.38. The van der Waals surface area contributed by atoms with E-state index in [1.807, 2.05) is 11.4 Å². The van der Waals surface area contributed by atoms with Crippen LogP contribution in [0, 0.1) is 0 Å².